The predicted molar refractivity (Wildman–Crippen MR) is 77.4 cm³/mol. The van der Waals surface area contributed by atoms with Crippen molar-refractivity contribution in [1.29, 1.82) is 0 Å². The van der Waals surface area contributed by atoms with E-state index in [0.29, 0.717) is 17.9 Å². The summed E-state index contributed by atoms with van der Waals surface area (Å²) in [5.74, 6) is -0.0909. The molecule has 0 radical (unpaired) electrons. The summed E-state index contributed by atoms with van der Waals surface area (Å²) < 4.78 is 1.85. The van der Waals surface area contributed by atoms with Crippen molar-refractivity contribution >= 4 is 22.9 Å². The zero-order valence-corrected chi connectivity index (χ0v) is 12.0. The molecule has 0 saturated heterocycles. The zero-order chi connectivity index (χ0) is 13.8. The lowest BCUT2D eigenvalue weighted by molar-refractivity contribution is 0.0945. The van der Waals surface area contributed by atoms with Gasteiger partial charge in [-0.25, -0.2) is 4.98 Å². The second kappa shape index (κ2) is 5.88. The average Bonchev–Trinajstić information content (AvgIpc) is 2.95. The Morgan fingerprint density at radius 3 is 3.00 bits per heavy atom. The fraction of sp³-hybridized carbons (Fsp3) is 0.385. The van der Waals surface area contributed by atoms with Crippen LogP contribution in [0.15, 0.2) is 17.6 Å². The predicted octanol–water partition coefficient (Wildman–Crippen LogP) is 1.83. The van der Waals surface area contributed by atoms with Gasteiger partial charge in [0, 0.05) is 36.8 Å². The zero-order valence-electron chi connectivity index (χ0n) is 11.1. The van der Waals surface area contributed by atoms with Gasteiger partial charge >= 0.3 is 0 Å². The van der Waals surface area contributed by atoms with Crippen LogP contribution in [-0.2, 0) is 13.0 Å². The van der Waals surface area contributed by atoms with Crippen LogP contribution in [-0.4, -0.2) is 22.0 Å². The summed E-state index contributed by atoms with van der Waals surface area (Å²) in [5.41, 5.74) is 7.95. The summed E-state index contributed by atoms with van der Waals surface area (Å²) in [5, 5.41) is 5.95. The number of nitrogens with two attached hydrogens (primary N) is 1. The molecule has 6 heteroatoms. The highest BCUT2D eigenvalue weighted by molar-refractivity contribution is 7.09. The van der Waals surface area contributed by atoms with Crippen LogP contribution < -0.4 is 11.1 Å². The molecule has 0 aliphatic carbocycles. The van der Waals surface area contributed by atoms with E-state index in [-0.39, 0.29) is 5.91 Å². The number of hydrogen-bond acceptors (Lipinski definition) is 4. The molecule has 0 unspecified atom stereocenters. The quantitative estimate of drug-likeness (QED) is 0.876. The van der Waals surface area contributed by atoms with E-state index in [1.165, 1.54) is 0 Å². The molecular formula is C13H18N4OS. The number of anilines is 1. The Labute approximate surface area is 116 Å². The number of thiazole rings is 1. The van der Waals surface area contributed by atoms with Crippen LogP contribution in [0.4, 0.5) is 5.69 Å². The average molecular weight is 278 g/mol. The third-order valence-electron chi connectivity index (χ3n) is 2.78. The first-order valence-electron chi connectivity index (χ1n) is 6.25. The van der Waals surface area contributed by atoms with Crippen LogP contribution in [0.2, 0.25) is 0 Å². The minimum atomic E-state index is -0.0909. The molecule has 0 atom stereocenters. The van der Waals surface area contributed by atoms with E-state index in [1.807, 2.05) is 23.8 Å². The molecule has 0 aliphatic rings. The van der Waals surface area contributed by atoms with Gasteiger partial charge in [0.25, 0.3) is 5.91 Å². The topological polar surface area (TPSA) is 72.9 Å². The maximum atomic E-state index is 12.0. The lowest BCUT2D eigenvalue weighted by Gasteiger charge is -2.06. The molecule has 2 aromatic rings. The Hall–Kier alpha value is -1.82. The van der Waals surface area contributed by atoms with Gasteiger partial charge in [-0.1, -0.05) is 0 Å². The van der Waals surface area contributed by atoms with Gasteiger partial charge in [-0.2, -0.15) is 0 Å². The first kappa shape index (κ1) is 13.6. The number of amides is 1. The SMILES string of the molecule is CCn1cc(N)cc1C(=O)NCCc1nc(C)cs1. The van der Waals surface area contributed by atoms with Crippen molar-refractivity contribution in [2.24, 2.45) is 0 Å². The highest BCUT2D eigenvalue weighted by Crippen LogP contribution is 2.11. The van der Waals surface area contributed by atoms with Gasteiger partial charge in [-0.15, -0.1) is 11.3 Å². The molecule has 5 nitrogen and oxygen atoms in total. The normalized spacial score (nSPS) is 10.6. The number of rotatable bonds is 5. The third kappa shape index (κ3) is 3.35. The number of nitrogens with zero attached hydrogens (tertiary/aromatic N) is 2. The van der Waals surface area contributed by atoms with Gasteiger partial charge in [0.2, 0.25) is 0 Å². The molecule has 3 N–H and O–H groups in total. The van der Waals surface area contributed by atoms with Gasteiger partial charge < -0.3 is 15.6 Å². The molecule has 0 fully saturated rings. The number of carbonyl (C=O) groups excluding carboxylic acids is 1. The van der Waals surface area contributed by atoms with Crippen molar-refractivity contribution in [2.75, 3.05) is 12.3 Å². The van der Waals surface area contributed by atoms with Crippen LogP contribution in [0.25, 0.3) is 0 Å². The lowest BCUT2D eigenvalue weighted by Crippen LogP contribution is -2.27. The van der Waals surface area contributed by atoms with Gasteiger partial charge in [0.05, 0.1) is 10.7 Å². The first-order chi connectivity index (χ1) is 9.10. The molecule has 2 aromatic heterocycles. The summed E-state index contributed by atoms with van der Waals surface area (Å²) in [4.78, 5) is 16.4. The molecule has 0 spiro atoms. The van der Waals surface area contributed by atoms with Gasteiger partial charge in [0.15, 0.2) is 0 Å². The fourth-order valence-electron chi connectivity index (χ4n) is 1.88. The molecule has 0 saturated carbocycles. The minimum Gasteiger partial charge on any atom is -0.397 e. The monoisotopic (exact) mass is 278 g/mol. The Balaban J connectivity index is 1.90. The maximum Gasteiger partial charge on any atom is 0.267 e. The van der Waals surface area contributed by atoms with Crippen molar-refractivity contribution in [3.8, 4) is 0 Å². The summed E-state index contributed by atoms with van der Waals surface area (Å²) in [6.07, 6.45) is 2.53. The number of aromatic nitrogens is 2. The van der Waals surface area contributed by atoms with E-state index in [0.717, 1.165) is 23.7 Å². The molecule has 1 amide bonds. The van der Waals surface area contributed by atoms with Crippen molar-refractivity contribution in [3.63, 3.8) is 0 Å². The van der Waals surface area contributed by atoms with E-state index in [9.17, 15) is 4.79 Å². The van der Waals surface area contributed by atoms with Crippen LogP contribution in [0.1, 0.15) is 28.1 Å². The largest absolute Gasteiger partial charge is 0.397 e. The van der Waals surface area contributed by atoms with Crippen LogP contribution in [0.5, 0.6) is 0 Å². The Kier molecular flexibility index (Phi) is 4.21. The standard InChI is InChI=1S/C13H18N4OS/c1-3-17-7-10(14)6-11(17)13(18)15-5-4-12-16-9(2)8-19-12/h6-8H,3-5,14H2,1-2H3,(H,15,18). The molecule has 19 heavy (non-hydrogen) atoms. The second-order valence-corrected chi connectivity index (χ2v) is 5.28. The molecule has 2 heterocycles. The number of aryl methyl sites for hydroxylation is 2. The molecular weight excluding hydrogens is 260 g/mol. The van der Waals surface area contributed by atoms with E-state index < -0.39 is 0 Å². The van der Waals surface area contributed by atoms with Crippen LogP contribution in [0.3, 0.4) is 0 Å². The Bertz CT molecular complexity index is 573. The smallest absolute Gasteiger partial charge is 0.267 e. The summed E-state index contributed by atoms with van der Waals surface area (Å²) in [6, 6.07) is 1.70. The van der Waals surface area contributed by atoms with Crippen molar-refractivity contribution in [2.45, 2.75) is 26.8 Å². The van der Waals surface area contributed by atoms with Crippen molar-refractivity contribution in [3.05, 3.63) is 34.0 Å². The molecule has 0 aliphatic heterocycles. The van der Waals surface area contributed by atoms with Gasteiger partial charge in [0.1, 0.15) is 5.69 Å². The highest BCUT2D eigenvalue weighted by Gasteiger charge is 2.11. The number of carbonyl (C=O) groups is 1. The van der Waals surface area contributed by atoms with E-state index >= 15 is 0 Å². The minimum absolute atomic E-state index is 0.0909. The lowest BCUT2D eigenvalue weighted by atomic mass is 10.3. The van der Waals surface area contributed by atoms with Crippen molar-refractivity contribution < 1.29 is 4.79 Å². The number of nitrogen functional groups attached to an aromatic ring is 1. The van der Waals surface area contributed by atoms with Crippen LogP contribution >= 0.6 is 11.3 Å². The van der Waals surface area contributed by atoms with Crippen LogP contribution in [0, 0.1) is 6.92 Å². The second-order valence-electron chi connectivity index (χ2n) is 4.33. The summed E-state index contributed by atoms with van der Waals surface area (Å²) >= 11 is 1.62. The Morgan fingerprint density at radius 2 is 2.37 bits per heavy atom. The number of nitrogens with one attached hydrogen (secondary N) is 1. The highest BCUT2D eigenvalue weighted by atomic mass is 32.1. The maximum absolute atomic E-state index is 12.0. The van der Waals surface area contributed by atoms with Gasteiger partial charge in [-0.3, -0.25) is 4.79 Å². The molecule has 0 bridgehead atoms. The van der Waals surface area contributed by atoms with E-state index in [2.05, 4.69) is 10.3 Å². The molecule has 102 valence electrons. The molecule has 0 aromatic carbocycles. The van der Waals surface area contributed by atoms with E-state index in [1.54, 1.807) is 23.6 Å². The molecule has 2 rings (SSSR count). The van der Waals surface area contributed by atoms with E-state index in [4.69, 9.17) is 5.73 Å². The fourth-order valence-corrected chi connectivity index (χ4v) is 2.65. The summed E-state index contributed by atoms with van der Waals surface area (Å²) in [6.45, 7) is 5.26. The first-order valence-corrected chi connectivity index (χ1v) is 7.13. The Morgan fingerprint density at radius 1 is 1.58 bits per heavy atom. The third-order valence-corrected chi connectivity index (χ3v) is 3.81. The summed E-state index contributed by atoms with van der Waals surface area (Å²) in [7, 11) is 0. The van der Waals surface area contributed by atoms with Gasteiger partial charge in [-0.05, 0) is 19.9 Å². The van der Waals surface area contributed by atoms with Crippen molar-refractivity contribution in [1.82, 2.24) is 14.9 Å². The number of hydrogen-bond donors (Lipinski definition) is 2.